The van der Waals surface area contributed by atoms with E-state index in [0.29, 0.717) is 11.5 Å². The largest absolute Gasteiger partial charge is 0.481 e. The van der Waals surface area contributed by atoms with Crippen LogP contribution in [-0.4, -0.2) is 16.9 Å². The standard InChI is InChI=1S/C17H22O3/c1-12(11-16(18)19)17(20)15-9-7-14(8-10-15)13-5-3-2-4-6-13/h7-10,12-13H,2-6,11H2,1H3,(H,18,19). The molecule has 3 heteroatoms. The Bertz CT molecular complexity index is 470. The molecule has 0 saturated heterocycles. The van der Waals surface area contributed by atoms with Gasteiger partial charge in [0, 0.05) is 11.5 Å². The third-order valence-electron chi connectivity index (χ3n) is 4.20. The summed E-state index contributed by atoms with van der Waals surface area (Å²) in [6, 6.07) is 7.78. The summed E-state index contributed by atoms with van der Waals surface area (Å²) in [5.74, 6) is -0.843. The van der Waals surface area contributed by atoms with E-state index in [2.05, 4.69) is 0 Å². The van der Waals surface area contributed by atoms with E-state index in [0.717, 1.165) is 0 Å². The van der Waals surface area contributed by atoms with Crippen LogP contribution in [0.2, 0.25) is 0 Å². The fourth-order valence-electron chi connectivity index (χ4n) is 2.99. The third kappa shape index (κ3) is 3.69. The maximum atomic E-state index is 12.1. The zero-order valence-corrected chi connectivity index (χ0v) is 12.0. The van der Waals surface area contributed by atoms with Crippen LogP contribution >= 0.6 is 0 Å². The molecule has 1 unspecified atom stereocenters. The average molecular weight is 274 g/mol. The normalized spacial score (nSPS) is 17.6. The monoisotopic (exact) mass is 274 g/mol. The summed E-state index contributed by atoms with van der Waals surface area (Å²) in [6.45, 7) is 1.67. The van der Waals surface area contributed by atoms with Crippen molar-refractivity contribution in [1.82, 2.24) is 0 Å². The molecule has 0 heterocycles. The lowest BCUT2D eigenvalue weighted by molar-refractivity contribution is -0.137. The fourth-order valence-corrected chi connectivity index (χ4v) is 2.99. The van der Waals surface area contributed by atoms with Crippen LogP contribution in [0.3, 0.4) is 0 Å². The summed E-state index contributed by atoms with van der Waals surface area (Å²) in [5, 5.41) is 8.74. The van der Waals surface area contributed by atoms with Gasteiger partial charge in [-0.3, -0.25) is 9.59 Å². The van der Waals surface area contributed by atoms with Gasteiger partial charge in [0.15, 0.2) is 5.78 Å². The van der Waals surface area contributed by atoms with E-state index in [4.69, 9.17) is 5.11 Å². The Morgan fingerprint density at radius 3 is 2.30 bits per heavy atom. The van der Waals surface area contributed by atoms with Crippen molar-refractivity contribution in [2.75, 3.05) is 0 Å². The van der Waals surface area contributed by atoms with E-state index in [1.807, 2.05) is 24.3 Å². The Hall–Kier alpha value is -1.64. The minimum atomic E-state index is -0.926. The summed E-state index contributed by atoms with van der Waals surface area (Å²) in [4.78, 5) is 22.8. The highest BCUT2D eigenvalue weighted by Gasteiger charge is 2.19. The van der Waals surface area contributed by atoms with Gasteiger partial charge in [-0.15, -0.1) is 0 Å². The third-order valence-corrected chi connectivity index (χ3v) is 4.20. The molecule has 1 N–H and O–H groups in total. The molecule has 0 aromatic heterocycles. The van der Waals surface area contributed by atoms with Crippen LogP contribution < -0.4 is 0 Å². The van der Waals surface area contributed by atoms with Crippen molar-refractivity contribution in [2.45, 2.75) is 51.4 Å². The molecule has 1 aromatic rings. The van der Waals surface area contributed by atoms with Gasteiger partial charge in [0.05, 0.1) is 6.42 Å². The van der Waals surface area contributed by atoms with Crippen LogP contribution in [0.25, 0.3) is 0 Å². The van der Waals surface area contributed by atoms with Gasteiger partial charge in [-0.2, -0.15) is 0 Å². The Labute approximate surface area is 120 Å². The second-order valence-corrected chi connectivity index (χ2v) is 5.82. The number of carboxylic acid groups (broad SMARTS) is 1. The minimum Gasteiger partial charge on any atom is -0.481 e. The van der Waals surface area contributed by atoms with Crippen LogP contribution in [0, 0.1) is 5.92 Å². The predicted octanol–water partition coefficient (Wildman–Crippen LogP) is 4.03. The van der Waals surface area contributed by atoms with E-state index >= 15 is 0 Å². The first kappa shape index (κ1) is 14.8. The maximum Gasteiger partial charge on any atom is 0.304 e. The lowest BCUT2D eigenvalue weighted by Gasteiger charge is -2.22. The smallest absolute Gasteiger partial charge is 0.304 e. The van der Waals surface area contributed by atoms with Crippen molar-refractivity contribution in [3.63, 3.8) is 0 Å². The van der Waals surface area contributed by atoms with E-state index < -0.39 is 11.9 Å². The fraction of sp³-hybridized carbons (Fsp3) is 0.529. The second-order valence-electron chi connectivity index (χ2n) is 5.82. The molecule has 2 rings (SSSR count). The molecule has 0 aliphatic heterocycles. The van der Waals surface area contributed by atoms with Gasteiger partial charge in [-0.05, 0) is 24.3 Å². The highest BCUT2D eigenvalue weighted by Crippen LogP contribution is 2.32. The van der Waals surface area contributed by atoms with Gasteiger partial charge in [0.25, 0.3) is 0 Å². The highest BCUT2D eigenvalue weighted by molar-refractivity contribution is 5.99. The molecular formula is C17H22O3. The molecule has 20 heavy (non-hydrogen) atoms. The first-order valence-electron chi connectivity index (χ1n) is 7.44. The number of carboxylic acids is 1. The molecule has 1 aliphatic rings. The number of benzene rings is 1. The number of aliphatic carboxylic acids is 1. The quantitative estimate of drug-likeness (QED) is 0.825. The number of Topliss-reactive ketones (excluding diaryl/α,β-unsaturated/α-hetero) is 1. The zero-order chi connectivity index (χ0) is 14.5. The van der Waals surface area contributed by atoms with Crippen molar-refractivity contribution in [1.29, 1.82) is 0 Å². The number of carbonyl (C=O) groups excluding carboxylic acids is 1. The summed E-state index contributed by atoms with van der Waals surface area (Å²) in [6.07, 6.45) is 6.29. The van der Waals surface area contributed by atoms with Gasteiger partial charge < -0.3 is 5.11 Å². The molecule has 0 spiro atoms. The summed E-state index contributed by atoms with van der Waals surface area (Å²) >= 11 is 0. The molecule has 1 fully saturated rings. The number of hydrogen-bond acceptors (Lipinski definition) is 2. The highest BCUT2D eigenvalue weighted by atomic mass is 16.4. The molecule has 1 aromatic carbocycles. The summed E-state index contributed by atoms with van der Waals surface area (Å²) in [5.41, 5.74) is 1.94. The van der Waals surface area contributed by atoms with Crippen molar-refractivity contribution in [3.8, 4) is 0 Å². The molecule has 1 atom stereocenters. The molecule has 0 amide bonds. The SMILES string of the molecule is CC(CC(=O)O)C(=O)c1ccc(C2CCCCC2)cc1. The van der Waals surface area contributed by atoms with Crippen molar-refractivity contribution in [2.24, 2.45) is 5.92 Å². The van der Waals surface area contributed by atoms with E-state index in [-0.39, 0.29) is 12.2 Å². The lowest BCUT2D eigenvalue weighted by Crippen LogP contribution is -2.15. The van der Waals surface area contributed by atoms with E-state index in [1.54, 1.807) is 6.92 Å². The molecule has 0 radical (unpaired) electrons. The molecule has 0 bridgehead atoms. The van der Waals surface area contributed by atoms with Gasteiger partial charge in [0.2, 0.25) is 0 Å². The van der Waals surface area contributed by atoms with Gasteiger partial charge in [-0.25, -0.2) is 0 Å². The average Bonchev–Trinajstić information content (AvgIpc) is 2.47. The topological polar surface area (TPSA) is 54.4 Å². The van der Waals surface area contributed by atoms with E-state index in [9.17, 15) is 9.59 Å². The molecule has 1 saturated carbocycles. The van der Waals surface area contributed by atoms with Gasteiger partial charge in [0.1, 0.15) is 0 Å². The van der Waals surface area contributed by atoms with Crippen LogP contribution in [-0.2, 0) is 4.79 Å². The van der Waals surface area contributed by atoms with Crippen LogP contribution in [0.15, 0.2) is 24.3 Å². The minimum absolute atomic E-state index is 0.0809. The Morgan fingerprint density at radius 2 is 1.75 bits per heavy atom. The molecule has 3 nitrogen and oxygen atoms in total. The Balaban J connectivity index is 2.03. The Kier molecular flexibility index (Phi) is 4.94. The number of rotatable bonds is 5. The molecule has 1 aliphatic carbocycles. The van der Waals surface area contributed by atoms with Gasteiger partial charge >= 0.3 is 5.97 Å². The number of carbonyl (C=O) groups is 2. The first-order valence-corrected chi connectivity index (χ1v) is 7.44. The van der Waals surface area contributed by atoms with Crippen LogP contribution in [0.5, 0.6) is 0 Å². The summed E-state index contributed by atoms with van der Waals surface area (Å²) < 4.78 is 0. The number of ketones is 1. The Morgan fingerprint density at radius 1 is 1.15 bits per heavy atom. The van der Waals surface area contributed by atoms with Crippen molar-refractivity contribution in [3.05, 3.63) is 35.4 Å². The lowest BCUT2D eigenvalue weighted by atomic mass is 9.83. The summed E-state index contributed by atoms with van der Waals surface area (Å²) in [7, 11) is 0. The number of hydrogen-bond donors (Lipinski definition) is 1. The van der Waals surface area contributed by atoms with Crippen molar-refractivity contribution < 1.29 is 14.7 Å². The van der Waals surface area contributed by atoms with Crippen molar-refractivity contribution >= 4 is 11.8 Å². The molecular weight excluding hydrogens is 252 g/mol. The molecule has 108 valence electrons. The van der Waals surface area contributed by atoms with Crippen LogP contribution in [0.4, 0.5) is 0 Å². The zero-order valence-electron chi connectivity index (χ0n) is 12.0. The first-order chi connectivity index (χ1) is 9.58. The maximum absolute atomic E-state index is 12.1. The van der Waals surface area contributed by atoms with E-state index in [1.165, 1.54) is 37.7 Å². The second kappa shape index (κ2) is 6.69. The van der Waals surface area contributed by atoms with Gasteiger partial charge in [-0.1, -0.05) is 50.5 Å². The van der Waals surface area contributed by atoms with Crippen LogP contribution in [0.1, 0.15) is 67.3 Å². The predicted molar refractivity (Wildman–Crippen MR) is 78.0 cm³/mol.